The SMILES string of the molecule is Cc1cc(-c2cc(-c3ccc(-c4nc5ccccn5c4-c4ccccc4)cc3)cc(-c3cccc4ccccc34)c2)cc(C)n1.Cc1ccc(-c2cc(-c3ccc(-c4nc5ccccn5c4-c4ccccc4)cc3)cc(-c3cccc4ccccc34)c2)c(C)n1.Cc1cccc(-c2cc(-c3ccc(-c4nc5ccccn5c4-c4ccccc4)cc3)cc(-c3cccc4ccccc34)c2)n1. The topological polar surface area (TPSA) is 90.6 Å². The molecule has 0 saturated heterocycles. The fraction of sp³-hybridized carbons (Fsp3) is 0.0400. The predicted molar refractivity (Wildman–Crippen MR) is 557 cm³/mol. The summed E-state index contributed by atoms with van der Waals surface area (Å²) in [4.78, 5) is 29.5. The van der Waals surface area contributed by atoms with Crippen molar-refractivity contribution in [1.82, 2.24) is 43.1 Å². The normalized spacial score (nSPS) is 11.3. The molecule has 15 aromatic carbocycles. The van der Waals surface area contributed by atoms with Gasteiger partial charge in [0.15, 0.2) is 0 Å². The number of fused-ring (bicyclic) bond motifs is 6. The third kappa shape index (κ3) is 16.5. The van der Waals surface area contributed by atoms with Crippen molar-refractivity contribution in [1.29, 1.82) is 0 Å². The van der Waals surface area contributed by atoms with Crippen molar-refractivity contribution in [3.05, 3.63) is 490 Å². The lowest BCUT2D eigenvalue weighted by Crippen LogP contribution is -1.92. The van der Waals surface area contributed by atoms with Gasteiger partial charge in [0.1, 0.15) is 16.9 Å². The Labute approximate surface area is 779 Å². The first kappa shape index (κ1) is 82.3. The van der Waals surface area contributed by atoms with Gasteiger partial charge in [0.2, 0.25) is 0 Å². The van der Waals surface area contributed by atoms with E-state index in [-0.39, 0.29) is 0 Å². The zero-order valence-corrected chi connectivity index (χ0v) is 74.9. The minimum absolute atomic E-state index is 0.934. The number of hydrogen-bond donors (Lipinski definition) is 0. The number of imidazole rings is 3. The number of aryl methyl sites for hydroxylation is 5. The van der Waals surface area contributed by atoms with E-state index in [2.05, 4.69) is 470 Å². The molecule has 0 unspecified atom stereocenters. The first-order valence-electron chi connectivity index (χ1n) is 45.6. The molecule has 0 N–H and O–H groups in total. The summed E-state index contributed by atoms with van der Waals surface area (Å²) in [6.45, 7) is 10.3. The van der Waals surface area contributed by atoms with Crippen LogP contribution in [-0.2, 0) is 0 Å². The maximum absolute atomic E-state index is 5.07. The van der Waals surface area contributed by atoms with E-state index in [1.807, 2.05) is 44.2 Å². The van der Waals surface area contributed by atoms with E-state index in [0.717, 1.165) is 158 Å². The number of hydrogen-bond acceptors (Lipinski definition) is 6. The van der Waals surface area contributed by atoms with E-state index in [4.69, 9.17) is 24.9 Å². The lowest BCUT2D eigenvalue weighted by molar-refractivity contribution is 1.12. The predicted octanol–water partition coefficient (Wildman–Crippen LogP) is 32.2. The summed E-state index contributed by atoms with van der Waals surface area (Å²) >= 11 is 0. The summed E-state index contributed by atoms with van der Waals surface area (Å²) in [5.41, 5.74) is 41.8. The molecule has 24 rings (SSSR count). The molecule has 0 fully saturated rings. The first-order chi connectivity index (χ1) is 65.9. The fourth-order valence-electron chi connectivity index (χ4n) is 19.1. The van der Waals surface area contributed by atoms with Crippen molar-refractivity contribution in [2.24, 2.45) is 0 Å². The standard InChI is InChI=1S/2C42H31N3.C41H29N3/c1-28-18-23-37(29(2)43-28)35-25-34(26-36(27-35)39-16-10-14-31-11-6-7-15-38(31)39)30-19-21-32(22-20-30)41-42(33-12-4-3-5-13-33)45-24-9-8-17-40(45)44-41;1-28-23-34(24-29(2)43-28)36-25-35(26-37(27-36)39-16-10-14-31-11-6-7-15-38(31)39)30-18-20-32(21-19-30)41-42(33-12-4-3-5-13-33)45-22-9-8-17-40(45)44-41;1-28-11-9-18-38(42-28)35-26-33(25-34(27-35)37-17-10-15-30-12-5-6-16-36(30)37)29-20-22-31(23-21-29)40-41(32-13-3-2-4-14-32)44-24-8-7-19-39(44)43-40/h2*3-27H,1-2H3;2-27H,1H3. The van der Waals surface area contributed by atoms with E-state index in [9.17, 15) is 0 Å². The minimum atomic E-state index is 0.934. The maximum atomic E-state index is 5.07. The molecule has 0 saturated carbocycles. The van der Waals surface area contributed by atoms with Crippen LogP contribution < -0.4 is 0 Å². The number of rotatable bonds is 15. The summed E-state index contributed by atoms with van der Waals surface area (Å²) in [6, 6.07) is 158. The van der Waals surface area contributed by atoms with Crippen LogP contribution in [0.5, 0.6) is 0 Å². The maximum Gasteiger partial charge on any atom is 0.137 e. The molecule has 0 aliphatic rings. The number of nitrogens with zero attached hydrogens (tertiary/aromatic N) is 9. The highest BCUT2D eigenvalue weighted by Crippen LogP contribution is 2.45. The molecule has 134 heavy (non-hydrogen) atoms. The third-order valence-corrected chi connectivity index (χ3v) is 25.4. The van der Waals surface area contributed by atoms with Gasteiger partial charge in [-0.1, -0.05) is 322 Å². The first-order valence-corrected chi connectivity index (χ1v) is 45.6. The van der Waals surface area contributed by atoms with Crippen molar-refractivity contribution < 1.29 is 0 Å². The molecular weight excluding hydrogens is 1630 g/mol. The molecule has 9 aromatic heterocycles. The third-order valence-electron chi connectivity index (χ3n) is 25.4. The van der Waals surface area contributed by atoms with Crippen molar-refractivity contribution in [3.8, 4) is 168 Å². The van der Waals surface area contributed by atoms with Crippen LogP contribution in [0.4, 0.5) is 0 Å². The van der Waals surface area contributed by atoms with Crippen molar-refractivity contribution >= 4 is 49.3 Å². The van der Waals surface area contributed by atoms with Crippen LogP contribution in [0.3, 0.4) is 0 Å². The average Bonchev–Trinajstić information content (AvgIpc) is 1.56. The van der Waals surface area contributed by atoms with Crippen molar-refractivity contribution in [2.45, 2.75) is 34.6 Å². The monoisotopic (exact) mass is 1720 g/mol. The van der Waals surface area contributed by atoms with Gasteiger partial charge in [0.25, 0.3) is 0 Å². The molecule has 24 aromatic rings. The van der Waals surface area contributed by atoms with Crippen molar-refractivity contribution in [3.63, 3.8) is 0 Å². The van der Waals surface area contributed by atoms with Crippen LogP contribution in [0.2, 0.25) is 0 Å². The molecule has 0 radical (unpaired) electrons. The van der Waals surface area contributed by atoms with Crippen LogP contribution >= 0.6 is 0 Å². The van der Waals surface area contributed by atoms with Gasteiger partial charge in [0.05, 0.1) is 39.9 Å². The van der Waals surface area contributed by atoms with Crippen LogP contribution in [-0.4, -0.2) is 43.1 Å². The second-order valence-electron chi connectivity index (χ2n) is 34.4. The van der Waals surface area contributed by atoms with Gasteiger partial charge in [-0.2, -0.15) is 0 Å². The smallest absolute Gasteiger partial charge is 0.137 e. The summed E-state index contributed by atoms with van der Waals surface area (Å²) in [5, 5.41) is 7.45. The van der Waals surface area contributed by atoms with Gasteiger partial charge in [0, 0.05) is 91.6 Å². The van der Waals surface area contributed by atoms with Crippen LogP contribution in [0.15, 0.2) is 461 Å². The van der Waals surface area contributed by atoms with Gasteiger partial charge < -0.3 is 0 Å². The molecule has 0 spiro atoms. The Morgan fingerprint density at radius 2 is 0.455 bits per heavy atom. The van der Waals surface area contributed by atoms with Gasteiger partial charge in [-0.3, -0.25) is 28.2 Å². The Kier molecular flexibility index (Phi) is 22.1. The molecule has 0 aliphatic heterocycles. The summed E-state index contributed by atoms with van der Waals surface area (Å²) in [7, 11) is 0. The largest absolute Gasteiger partial charge is 0.299 e. The Morgan fingerprint density at radius 1 is 0.164 bits per heavy atom. The Hall–Kier alpha value is -17.4. The molecule has 0 amide bonds. The molecule has 0 bridgehead atoms. The second kappa shape index (κ2) is 35.9. The van der Waals surface area contributed by atoms with Crippen molar-refractivity contribution in [2.75, 3.05) is 0 Å². The number of aromatic nitrogens is 9. The van der Waals surface area contributed by atoms with E-state index in [0.29, 0.717) is 0 Å². The van der Waals surface area contributed by atoms with E-state index in [1.54, 1.807) is 0 Å². The molecule has 9 heterocycles. The lowest BCUT2D eigenvalue weighted by atomic mass is 9.90. The highest BCUT2D eigenvalue weighted by Gasteiger charge is 2.23. The molecule has 9 nitrogen and oxygen atoms in total. The summed E-state index contributed by atoms with van der Waals surface area (Å²) in [5.74, 6) is 0. The van der Waals surface area contributed by atoms with Crippen LogP contribution in [0.1, 0.15) is 28.5 Å². The minimum Gasteiger partial charge on any atom is -0.299 e. The summed E-state index contributed by atoms with van der Waals surface area (Å²) in [6.07, 6.45) is 6.26. The Balaban J connectivity index is 0.000000117. The van der Waals surface area contributed by atoms with Gasteiger partial charge in [-0.15, -0.1) is 0 Å². The van der Waals surface area contributed by atoms with Gasteiger partial charge >= 0.3 is 0 Å². The number of benzene rings is 15. The van der Waals surface area contributed by atoms with Crippen LogP contribution in [0, 0.1) is 34.6 Å². The van der Waals surface area contributed by atoms with E-state index >= 15 is 0 Å². The van der Waals surface area contributed by atoms with E-state index < -0.39 is 0 Å². The van der Waals surface area contributed by atoms with Gasteiger partial charge in [-0.05, 0) is 272 Å². The molecule has 0 aliphatic carbocycles. The number of pyridine rings is 6. The molecular formula is C125H91N9. The fourth-order valence-corrected chi connectivity index (χ4v) is 19.1. The summed E-state index contributed by atoms with van der Waals surface area (Å²) < 4.78 is 6.53. The van der Waals surface area contributed by atoms with Crippen LogP contribution in [0.25, 0.3) is 217 Å². The lowest BCUT2D eigenvalue weighted by Gasteiger charge is -2.14. The highest BCUT2D eigenvalue weighted by atomic mass is 15.0. The van der Waals surface area contributed by atoms with E-state index in [1.165, 1.54) is 88.0 Å². The zero-order chi connectivity index (χ0) is 90.1. The molecule has 9 heteroatoms. The molecule has 0 atom stereocenters. The zero-order valence-electron chi connectivity index (χ0n) is 74.9. The average molecular weight is 1720 g/mol. The second-order valence-corrected chi connectivity index (χ2v) is 34.4. The highest BCUT2D eigenvalue weighted by molar-refractivity contribution is 6.02. The quantitative estimate of drug-likeness (QED) is 0.102. The Morgan fingerprint density at radius 3 is 0.836 bits per heavy atom. The Bertz CT molecular complexity index is 8490. The van der Waals surface area contributed by atoms with Gasteiger partial charge in [-0.25, -0.2) is 15.0 Å². The molecule has 636 valence electrons.